The average Bonchev–Trinajstić information content (AvgIpc) is 2.15. The van der Waals surface area contributed by atoms with Crippen LogP contribution in [-0.2, 0) is 4.79 Å². The van der Waals surface area contributed by atoms with E-state index in [2.05, 4.69) is 39.5 Å². The van der Waals surface area contributed by atoms with Crippen LogP contribution in [0.15, 0.2) is 0 Å². The van der Waals surface area contributed by atoms with E-state index >= 15 is 0 Å². The molecular weight excluding hydrogens is 210 g/mol. The average molecular weight is 241 g/mol. The molecule has 0 aliphatic carbocycles. The Labute approximate surface area is 108 Å². The normalized spacial score (nSPS) is 13.7. The van der Waals surface area contributed by atoms with Crippen molar-refractivity contribution in [2.24, 2.45) is 11.8 Å². The third-order valence-corrected chi connectivity index (χ3v) is 3.19. The Balaban J connectivity index is 4.21. The quantitative estimate of drug-likeness (QED) is 0.613. The van der Waals surface area contributed by atoms with Crippen molar-refractivity contribution >= 4 is 5.78 Å². The standard InChI is InChI=1S/C15H31NO/c1-12(2)7-9-16(10-8-13(3)4)14(5)11-15(6)17/h12-14H,7-11H2,1-6H3. The van der Waals surface area contributed by atoms with Crippen LogP contribution in [-0.4, -0.2) is 29.8 Å². The van der Waals surface area contributed by atoms with Crippen molar-refractivity contribution in [2.75, 3.05) is 13.1 Å². The summed E-state index contributed by atoms with van der Waals surface area (Å²) in [5.74, 6) is 1.78. The third kappa shape index (κ3) is 9.34. The van der Waals surface area contributed by atoms with E-state index in [0.717, 1.165) is 24.9 Å². The van der Waals surface area contributed by atoms with Gasteiger partial charge in [-0.25, -0.2) is 0 Å². The highest BCUT2D eigenvalue weighted by molar-refractivity contribution is 5.76. The summed E-state index contributed by atoms with van der Waals surface area (Å²) in [6, 6.07) is 0.394. The number of ketones is 1. The van der Waals surface area contributed by atoms with E-state index in [0.29, 0.717) is 18.2 Å². The van der Waals surface area contributed by atoms with Gasteiger partial charge in [0.1, 0.15) is 5.78 Å². The van der Waals surface area contributed by atoms with E-state index in [9.17, 15) is 4.79 Å². The first kappa shape index (κ1) is 16.6. The zero-order chi connectivity index (χ0) is 13.4. The molecule has 0 aromatic carbocycles. The van der Waals surface area contributed by atoms with Crippen LogP contribution in [0.1, 0.15) is 60.8 Å². The van der Waals surface area contributed by atoms with Crippen molar-refractivity contribution < 1.29 is 4.79 Å². The van der Waals surface area contributed by atoms with E-state index in [4.69, 9.17) is 0 Å². The minimum Gasteiger partial charge on any atom is -0.300 e. The lowest BCUT2D eigenvalue weighted by Gasteiger charge is -2.30. The molecule has 0 radical (unpaired) electrons. The second kappa shape index (κ2) is 8.68. The van der Waals surface area contributed by atoms with Gasteiger partial charge >= 0.3 is 0 Å². The second-order valence-electron chi connectivity index (χ2n) is 6.16. The molecule has 0 amide bonds. The molecule has 0 fully saturated rings. The van der Waals surface area contributed by atoms with E-state index in [-0.39, 0.29) is 0 Å². The Kier molecular flexibility index (Phi) is 8.49. The Bertz CT molecular complexity index is 199. The van der Waals surface area contributed by atoms with Crippen LogP contribution in [0.5, 0.6) is 0 Å². The SMILES string of the molecule is CC(=O)CC(C)N(CCC(C)C)CCC(C)C. The Hall–Kier alpha value is -0.370. The molecular formula is C15H31NO. The van der Waals surface area contributed by atoms with Crippen molar-refractivity contribution in [3.63, 3.8) is 0 Å². The van der Waals surface area contributed by atoms with Crippen LogP contribution >= 0.6 is 0 Å². The molecule has 0 N–H and O–H groups in total. The summed E-state index contributed by atoms with van der Waals surface area (Å²) in [6.45, 7) is 15.2. The molecule has 1 atom stereocenters. The van der Waals surface area contributed by atoms with Crippen LogP contribution in [0.25, 0.3) is 0 Å². The van der Waals surface area contributed by atoms with Gasteiger partial charge in [-0.15, -0.1) is 0 Å². The van der Waals surface area contributed by atoms with Gasteiger partial charge in [0.15, 0.2) is 0 Å². The van der Waals surface area contributed by atoms with Gasteiger partial charge in [0.2, 0.25) is 0 Å². The summed E-state index contributed by atoms with van der Waals surface area (Å²) in [4.78, 5) is 13.7. The van der Waals surface area contributed by atoms with Crippen LogP contribution in [0.2, 0.25) is 0 Å². The molecule has 0 heterocycles. The number of hydrogen-bond donors (Lipinski definition) is 0. The molecule has 0 spiro atoms. The van der Waals surface area contributed by atoms with Gasteiger partial charge in [-0.3, -0.25) is 4.79 Å². The summed E-state index contributed by atoms with van der Waals surface area (Å²) in [5, 5.41) is 0. The van der Waals surface area contributed by atoms with Gasteiger partial charge in [0, 0.05) is 12.5 Å². The molecule has 0 aliphatic heterocycles. The molecule has 102 valence electrons. The van der Waals surface area contributed by atoms with Crippen molar-refractivity contribution in [3.8, 4) is 0 Å². The lowest BCUT2D eigenvalue weighted by Crippen LogP contribution is -2.37. The molecule has 1 unspecified atom stereocenters. The molecule has 0 rings (SSSR count). The minimum atomic E-state index is 0.302. The first-order valence-corrected chi connectivity index (χ1v) is 7.06. The maximum Gasteiger partial charge on any atom is 0.131 e. The summed E-state index contributed by atoms with van der Waals surface area (Å²) in [7, 11) is 0. The highest BCUT2D eigenvalue weighted by atomic mass is 16.1. The van der Waals surface area contributed by atoms with Gasteiger partial charge < -0.3 is 4.90 Å². The Morgan fingerprint density at radius 1 is 0.941 bits per heavy atom. The number of carbonyl (C=O) groups is 1. The number of nitrogens with zero attached hydrogens (tertiary/aromatic N) is 1. The van der Waals surface area contributed by atoms with Crippen molar-refractivity contribution in [2.45, 2.75) is 66.8 Å². The van der Waals surface area contributed by atoms with E-state index < -0.39 is 0 Å². The van der Waals surface area contributed by atoms with E-state index in [1.807, 2.05) is 0 Å². The first-order valence-electron chi connectivity index (χ1n) is 7.06. The number of hydrogen-bond acceptors (Lipinski definition) is 2. The van der Waals surface area contributed by atoms with Gasteiger partial charge in [-0.2, -0.15) is 0 Å². The summed E-state index contributed by atoms with van der Waals surface area (Å²) in [5.41, 5.74) is 0. The topological polar surface area (TPSA) is 20.3 Å². The van der Waals surface area contributed by atoms with Gasteiger partial charge in [-0.05, 0) is 51.6 Å². The van der Waals surface area contributed by atoms with Crippen LogP contribution in [0, 0.1) is 11.8 Å². The lowest BCUT2D eigenvalue weighted by molar-refractivity contribution is -0.118. The lowest BCUT2D eigenvalue weighted by atomic mass is 10.1. The summed E-state index contributed by atoms with van der Waals surface area (Å²) < 4.78 is 0. The number of carbonyl (C=O) groups excluding carboxylic acids is 1. The van der Waals surface area contributed by atoms with Crippen LogP contribution in [0.4, 0.5) is 0 Å². The molecule has 0 saturated carbocycles. The molecule has 2 nitrogen and oxygen atoms in total. The number of Topliss-reactive ketones (excluding diaryl/α,β-unsaturated/α-hetero) is 1. The Morgan fingerprint density at radius 3 is 1.65 bits per heavy atom. The summed E-state index contributed by atoms with van der Waals surface area (Å²) in [6.07, 6.45) is 3.14. The fraction of sp³-hybridized carbons (Fsp3) is 0.933. The smallest absolute Gasteiger partial charge is 0.131 e. The van der Waals surface area contributed by atoms with Crippen molar-refractivity contribution in [3.05, 3.63) is 0 Å². The van der Waals surface area contributed by atoms with Crippen LogP contribution < -0.4 is 0 Å². The Morgan fingerprint density at radius 2 is 1.35 bits per heavy atom. The first-order chi connectivity index (χ1) is 7.82. The fourth-order valence-corrected chi connectivity index (χ4v) is 1.95. The molecule has 0 aromatic rings. The number of rotatable bonds is 9. The van der Waals surface area contributed by atoms with Crippen molar-refractivity contribution in [1.29, 1.82) is 0 Å². The summed E-state index contributed by atoms with van der Waals surface area (Å²) >= 11 is 0. The fourth-order valence-electron chi connectivity index (χ4n) is 1.95. The van der Waals surface area contributed by atoms with E-state index in [1.54, 1.807) is 6.92 Å². The predicted octanol–water partition coefficient (Wildman–Crippen LogP) is 3.75. The molecule has 17 heavy (non-hydrogen) atoms. The van der Waals surface area contributed by atoms with Crippen LogP contribution in [0.3, 0.4) is 0 Å². The van der Waals surface area contributed by atoms with Gasteiger partial charge in [-0.1, -0.05) is 27.7 Å². The molecule has 0 aromatic heterocycles. The molecule has 0 bridgehead atoms. The maximum atomic E-state index is 11.2. The van der Waals surface area contributed by atoms with Gasteiger partial charge in [0.05, 0.1) is 0 Å². The third-order valence-electron chi connectivity index (χ3n) is 3.19. The second-order valence-corrected chi connectivity index (χ2v) is 6.16. The van der Waals surface area contributed by atoms with Gasteiger partial charge in [0.25, 0.3) is 0 Å². The molecule has 2 heteroatoms. The molecule has 0 aliphatic rings. The van der Waals surface area contributed by atoms with Crippen molar-refractivity contribution in [1.82, 2.24) is 4.90 Å². The molecule has 0 saturated heterocycles. The highest BCUT2D eigenvalue weighted by Gasteiger charge is 2.15. The highest BCUT2D eigenvalue weighted by Crippen LogP contribution is 2.12. The zero-order valence-corrected chi connectivity index (χ0v) is 12.6. The maximum absolute atomic E-state index is 11.2. The largest absolute Gasteiger partial charge is 0.300 e. The monoisotopic (exact) mass is 241 g/mol. The minimum absolute atomic E-state index is 0.302. The zero-order valence-electron chi connectivity index (χ0n) is 12.6. The van der Waals surface area contributed by atoms with E-state index in [1.165, 1.54) is 12.8 Å². The predicted molar refractivity (Wildman–Crippen MR) is 75.2 cm³/mol.